The Hall–Kier alpha value is -3.06. The van der Waals surface area contributed by atoms with Gasteiger partial charge in [-0.2, -0.15) is 9.67 Å². The van der Waals surface area contributed by atoms with Crippen LogP contribution < -0.4 is 4.57 Å². The topological polar surface area (TPSA) is 70.0 Å². The summed E-state index contributed by atoms with van der Waals surface area (Å²) in [5.41, 5.74) is 5.89. The average Bonchev–Trinajstić information content (AvgIpc) is 3.10. The summed E-state index contributed by atoms with van der Waals surface area (Å²) in [4.78, 5) is 0. The van der Waals surface area contributed by atoms with E-state index in [0.29, 0.717) is 22.6 Å². The molecule has 0 spiro atoms. The molecular formula is C22H25N4O2S+. The third kappa shape index (κ3) is 2.84. The molecule has 0 atom stereocenters. The second-order valence-corrected chi connectivity index (χ2v) is 7.83. The molecule has 29 heavy (non-hydrogen) atoms. The van der Waals surface area contributed by atoms with Crippen molar-refractivity contribution in [2.75, 3.05) is 0 Å². The molecule has 0 bridgehead atoms. The van der Waals surface area contributed by atoms with Crippen LogP contribution in [0.3, 0.4) is 0 Å². The minimum Gasteiger partial charge on any atom is -0.508 e. The molecule has 0 saturated heterocycles. The van der Waals surface area contributed by atoms with Gasteiger partial charge in [-0.25, -0.2) is 0 Å². The van der Waals surface area contributed by atoms with Gasteiger partial charge in [0.05, 0.1) is 12.6 Å². The van der Waals surface area contributed by atoms with Crippen molar-refractivity contribution in [2.24, 2.45) is 14.1 Å². The van der Waals surface area contributed by atoms with Crippen molar-refractivity contribution in [3.63, 3.8) is 0 Å². The molecule has 0 aliphatic carbocycles. The maximum Gasteiger partial charge on any atom is 0.330 e. The third-order valence-electron chi connectivity index (χ3n) is 5.86. The molecule has 150 valence electrons. The van der Waals surface area contributed by atoms with Crippen molar-refractivity contribution in [3.8, 4) is 28.6 Å². The molecule has 0 radical (unpaired) electrons. The first-order chi connectivity index (χ1) is 13.7. The lowest BCUT2D eigenvalue weighted by Crippen LogP contribution is -2.33. The number of rotatable bonds is 3. The first kappa shape index (κ1) is 19.3. The van der Waals surface area contributed by atoms with Crippen LogP contribution in [0.2, 0.25) is 0 Å². The number of fused-ring (bicyclic) bond motifs is 1. The van der Waals surface area contributed by atoms with E-state index in [9.17, 15) is 10.2 Å². The van der Waals surface area contributed by atoms with Crippen molar-refractivity contribution in [1.82, 2.24) is 14.3 Å². The number of benzene rings is 2. The van der Waals surface area contributed by atoms with E-state index in [0.717, 1.165) is 16.8 Å². The van der Waals surface area contributed by atoms with Crippen molar-refractivity contribution in [1.29, 1.82) is 0 Å². The number of nitrogens with zero attached hydrogens (tertiary/aromatic N) is 3. The first-order valence-electron chi connectivity index (χ1n) is 9.56. The van der Waals surface area contributed by atoms with Crippen LogP contribution in [0.25, 0.3) is 28.0 Å². The smallest absolute Gasteiger partial charge is 0.330 e. The quantitative estimate of drug-likeness (QED) is 0.352. The van der Waals surface area contributed by atoms with Crippen molar-refractivity contribution < 1.29 is 14.8 Å². The zero-order valence-electron chi connectivity index (χ0n) is 17.2. The Morgan fingerprint density at radius 1 is 1.07 bits per heavy atom. The van der Waals surface area contributed by atoms with Crippen molar-refractivity contribution >= 4 is 23.1 Å². The van der Waals surface area contributed by atoms with Crippen LogP contribution in [-0.2, 0) is 20.5 Å². The molecule has 0 amide bonds. The highest BCUT2D eigenvalue weighted by molar-refractivity contribution is 7.71. The molecule has 2 aromatic carbocycles. The Labute approximate surface area is 174 Å². The number of phenols is 2. The molecule has 0 fully saturated rings. The van der Waals surface area contributed by atoms with Crippen LogP contribution in [0.15, 0.2) is 30.3 Å². The zero-order valence-corrected chi connectivity index (χ0v) is 18.1. The molecule has 4 aromatic rings. The van der Waals surface area contributed by atoms with E-state index in [1.807, 2.05) is 24.6 Å². The van der Waals surface area contributed by atoms with Gasteiger partial charge >= 0.3 is 4.77 Å². The number of aryl methyl sites for hydroxylation is 4. The number of hydrogen-bond donors (Lipinski definition) is 3. The fraction of sp³-hybridized carbons (Fsp3) is 0.273. The Morgan fingerprint density at radius 3 is 2.48 bits per heavy atom. The number of hydrogen-bond acceptors (Lipinski definition) is 3. The van der Waals surface area contributed by atoms with Crippen molar-refractivity contribution in [3.05, 3.63) is 51.9 Å². The van der Waals surface area contributed by atoms with Crippen LogP contribution in [0.4, 0.5) is 0 Å². The maximum atomic E-state index is 10.6. The highest BCUT2D eigenvalue weighted by Gasteiger charge is 2.24. The predicted molar refractivity (Wildman–Crippen MR) is 116 cm³/mol. The van der Waals surface area contributed by atoms with Crippen LogP contribution in [0, 0.1) is 18.6 Å². The van der Waals surface area contributed by atoms with Gasteiger partial charge in [-0.15, -0.1) is 4.68 Å². The lowest BCUT2D eigenvalue weighted by Gasteiger charge is -2.08. The third-order valence-corrected chi connectivity index (χ3v) is 6.31. The van der Waals surface area contributed by atoms with E-state index in [1.54, 1.807) is 10.7 Å². The number of phenolic OH excluding ortho intramolecular Hbond substituents is 2. The minimum absolute atomic E-state index is 0.00175. The summed E-state index contributed by atoms with van der Waals surface area (Å²) in [6, 6.07) is 9.45. The monoisotopic (exact) mass is 409 g/mol. The van der Waals surface area contributed by atoms with E-state index < -0.39 is 0 Å². The predicted octanol–water partition coefficient (Wildman–Crippen LogP) is 4.11. The molecule has 2 heterocycles. The molecule has 0 unspecified atom stereocenters. The fourth-order valence-corrected chi connectivity index (χ4v) is 4.14. The second-order valence-electron chi connectivity index (χ2n) is 7.46. The van der Waals surface area contributed by atoms with Gasteiger partial charge in [0.2, 0.25) is 0 Å². The Bertz CT molecular complexity index is 1330. The number of nitrogens with one attached hydrogen (secondary N) is 1. The zero-order chi connectivity index (χ0) is 21.0. The highest BCUT2D eigenvalue weighted by atomic mass is 32.1. The summed E-state index contributed by atoms with van der Waals surface area (Å²) < 4.78 is 6.43. The number of H-pyrrole nitrogens is 1. The average molecular weight is 410 g/mol. The van der Waals surface area contributed by atoms with Gasteiger partial charge in [0.1, 0.15) is 17.2 Å². The first-order valence-corrected chi connectivity index (χ1v) is 9.97. The van der Waals surface area contributed by atoms with E-state index in [-0.39, 0.29) is 11.5 Å². The summed E-state index contributed by atoms with van der Waals surface area (Å²) >= 11 is 5.67. The lowest BCUT2D eigenvalue weighted by atomic mass is 10.1. The normalized spacial score (nSPS) is 11.5. The van der Waals surface area contributed by atoms with Crippen LogP contribution in [0.5, 0.6) is 11.5 Å². The standard InChI is InChI=1S/C22H24N4O2S/c1-6-14-9-17(20(28)11-19(14)27)21-23-25(5)22(29)26(21)15-7-8-18-16(10-15)12(2)13(3)24(18)4/h7-11H,6H2,1-5H3,(H2,23,27,28)/p+1. The van der Waals surface area contributed by atoms with Crippen LogP contribution in [0.1, 0.15) is 23.7 Å². The lowest BCUT2D eigenvalue weighted by molar-refractivity contribution is -0.592. The molecule has 6 nitrogen and oxygen atoms in total. The van der Waals surface area contributed by atoms with E-state index >= 15 is 0 Å². The Kier molecular flexibility index (Phi) is 4.50. The van der Waals surface area contributed by atoms with Gasteiger partial charge < -0.3 is 14.8 Å². The van der Waals surface area contributed by atoms with Crippen LogP contribution in [-0.4, -0.2) is 24.6 Å². The number of aromatic nitrogens is 4. The maximum absolute atomic E-state index is 10.6. The molecule has 7 heteroatoms. The Morgan fingerprint density at radius 2 is 1.79 bits per heavy atom. The fourth-order valence-electron chi connectivity index (χ4n) is 3.90. The summed E-state index contributed by atoms with van der Waals surface area (Å²) in [5.74, 6) is 0.749. The van der Waals surface area contributed by atoms with E-state index in [4.69, 9.17) is 12.2 Å². The highest BCUT2D eigenvalue weighted by Crippen LogP contribution is 2.34. The van der Waals surface area contributed by atoms with Crippen LogP contribution >= 0.6 is 12.2 Å². The van der Waals surface area contributed by atoms with Gasteiger partial charge in [-0.05, 0) is 67.9 Å². The van der Waals surface area contributed by atoms with Gasteiger partial charge in [0.15, 0.2) is 0 Å². The SMILES string of the molecule is CCc1cc(-c2[nH]n(C)c(=S)[n+]2-c2ccc3c(c2)c(C)c(C)n3C)c(O)cc1O. The van der Waals surface area contributed by atoms with Gasteiger partial charge in [-0.3, -0.25) is 0 Å². The summed E-state index contributed by atoms with van der Waals surface area (Å²) in [5, 5.41) is 25.0. The second kappa shape index (κ2) is 6.77. The van der Waals surface area contributed by atoms with Gasteiger partial charge in [0.25, 0.3) is 5.82 Å². The number of aromatic hydroxyl groups is 2. The minimum atomic E-state index is -0.00175. The van der Waals surface area contributed by atoms with E-state index in [2.05, 4.69) is 42.7 Å². The Balaban J connectivity index is 2.01. The molecule has 0 aliphatic heterocycles. The summed E-state index contributed by atoms with van der Waals surface area (Å²) in [6.45, 7) is 6.20. The number of aromatic amines is 1. The molecule has 3 N–H and O–H groups in total. The summed E-state index contributed by atoms with van der Waals surface area (Å²) in [7, 11) is 3.91. The molecule has 4 rings (SSSR count). The molecular weight excluding hydrogens is 384 g/mol. The molecule has 2 aromatic heterocycles. The molecule has 0 aliphatic rings. The van der Waals surface area contributed by atoms with Gasteiger partial charge in [0, 0.05) is 29.7 Å². The van der Waals surface area contributed by atoms with Gasteiger partial charge in [-0.1, -0.05) is 6.92 Å². The largest absolute Gasteiger partial charge is 0.508 e. The molecule has 0 saturated carbocycles. The van der Waals surface area contributed by atoms with E-state index in [1.165, 1.54) is 22.7 Å². The summed E-state index contributed by atoms with van der Waals surface area (Å²) in [6.07, 6.45) is 0.654. The van der Waals surface area contributed by atoms with Crippen molar-refractivity contribution in [2.45, 2.75) is 27.2 Å².